The van der Waals surface area contributed by atoms with Gasteiger partial charge < -0.3 is 14.2 Å². The maximum atomic E-state index is 6.29. The Morgan fingerprint density at radius 2 is 1.92 bits per heavy atom. The number of hydrogen-bond acceptors (Lipinski definition) is 3. The summed E-state index contributed by atoms with van der Waals surface area (Å²) < 4.78 is 18.6. The Morgan fingerprint density at radius 3 is 2.75 bits per heavy atom. The first-order valence-electron chi connectivity index (χ1n) is 8.47. The molecule has 0 amide bonds. The van der Waals surface area contributed by atoms with E-state index in [9.17, 15) is 0 Å². The van der Waals surface area contributed by atoms with Crippen molar-refractivity contribution in [1.82, 2.24) is 0 Å². The summed E-state index contributed by atoms with van der Waals surface area (Å²) in [6.45, 7) is 3.21. The first-order valence-corrected chi connectivity index (χ1v) is 8.85. The van der Waals surface area contributed by atoms with E-state index in [2.05, 4.69) is 25.1 Å². The van der Waals surface area contributed by atoms with Crippen LogP contribution in [-0.2, 0) is 27.4 Å². The fraction of sp³-hybridized carbons (Fsp3) is 0.400. The molecule has 0 aliphatic carbocycles. The second-order valence-electron chi connectivity index (χ2n) is 6.34. The van der Waals surface area contributed by atoms with Crippen LogP contribution in [0.1, 0.15) is 36.1 Å². The molecule has 0 spiro atoms. The zero-order chi connectivity index (χ0) is 16.5. The van der Waals surface area contributed by atoms with E-state index >= 15 is 0 Å². The van der Waals surface area contributed by atoms with Gasteiger partial charge in [-0.2, -0.15) is 0 Å². The molecule has 1 fully saturated rings. The topological polar surface area (TPSA) is 27.7 Å². The van der Waals surface area contributed by atoms with Crippen LogP contribution in [0, 0.1) is 0 Å². The summed E-state index contributed by atoms with van der Waals surface area (Å²) in [7, 11) is 0. The lowest BCUT2D eigenvalue weighted by atomic mass is 9.94. The van der Waals surface area contributed by atoms with Crippen LogP contribution in [0.15, 0.2) is 48.5 Å². The average Bonchev–Trinajstić information content (AvgIpc) is 2.99. The molecule has 0 radical (unpaired) electrons. The molecule has 4 rings (SSSR count). The van der Waals surface area contributed by atoms with Gasteiger partial charge in [0.15, 0.2) is 0 Å². The lowest BCUT2D eigenvalue weighted by Crippen LogP contribution is -2.37. The van der Waals surface area contributed by atoms with Gasteiger partial charge in [-0.3, -0.25) is 0 Å². The summed E-state index contributed by atoms with van der Waals surface area (Å²) in [5.74, 6) is 0. The van der Waals surface area contributed by atoms with Gasteiger partial charge >= 0.3 is 0 Å². The highest BCUT2D eigenvalue weighted by Crippen LogP contribution is 2.43. The second-order valence-corrected chi connectivity index (χ2v) is 6.75. The predicted molar refractivity (Wildman–Crippen MR) is 93.0 cm³/mol. The molecule has 0 unspecified atom stereocenters. The van der Waals surface area contributed by atoms with Gasteiger partial charge in [0.1, 0.15) is 18.3 Å². The van der Waals surface area contributed by atoms with Crippen LogP contribution in [-0.4, -0.2) is 18.3 Å². The molecule has 0 aromatic heterocycles. The van der Waals surface area contributed by atoms with Crippen LogP contribution in [0.25, 0.3) is 0 Å². The van der Waals surface area contributed by atoms with Crippen molar-refractivity contribution in [2.45, 2.75) is 51.0 Å². The van der Waals surface area contributed by atoms with Gasteiger partial charge in [-0.1, -0.05) is 61.0 Å². The van der Waals surface area contributed by atoms with Gasteiger partial charge in [0.2, 0.25) is 0 Å². The first-order chi connectivity index (χ1) is 11.8. The van der Waals surface area contributed by atoms with Crippen molar-refractivity contribution in [3.05, 3.63) is 70.2 Å². The lowest BCUT2D eigenvalue weighted by Gasteiger charge is -2.30. The van der Waals surface area contributed by atoms with Crippen molar-refractivity contribution in [2.75, 3.05) is 0 Å². The summed E-state index contributed by atoms with van der Waals surface area (Å²) in [4.78, 5) is 0. The van der Waals surface area contributed by atoms with Crippen LogP contribution in [0.4, 0.5) is 0 Å². The Hall–Kier alpha value is -1.39. The predicted octanol–water partition coefficient (Wildman–Crippen LogP) is 4.67. The molecule has 4 atom stereocenters. The minimum Gasteiger partial charge on any atom is -0.368 e. The SMILES string of the molecule is CC[C@H]1O[C@@H]2c3ccccc3CO[C@@H]2[C@H]1OCc1ccccc1Cl. The van der Waals surface area contributed by atoms with Gasteiger partial charge in [0.05, 0.1) is 19.3 Å². The Morgan fingerprint density at radius 1 is 1.12 bits per heavy atom. The molecule has 0 saturated carbocycles. The average molecular weight is 345 g/mol. The molecular formula is C20H21ClO3. The van der Waals surface area contributed by atoms with Crippen molar-refractivity contribution in [1.29, 1.82) is 0 Å². The van der Waals surface area contributed by atoms with Crippen molar-refractivity contribution >= 4 is 11.6 Å². The smallest absolute Gasteiger partial charge is 0.117 e. The molecule has 2 aromatic rings. The Labute approximate surface area is 147 Å². The lowest BCUT2D eigenvalue weighted by molar-refractivity contribution is -0.0861. The summed E-state index contributed by atoms with van der Waals surface area (Å²) >= 11 is 6.24. The van der Waals surface area contributed by atoms with E-state index in [0.717, 1.165) is 17.0 Å². The third kappa shape index (κ3) is 2.86. The maximum Gasteiger partial charge on any atom is 0.117 e. The first kappa shape index (κ1) is 16.1. The molecule has 2 aliphatic heterocycles. The maximum absolute atomic E-state index is 6.29. The molecule has 3 nitrogen and oxygen atoms in total. The standard InChI is InChI=1S/C20H21ClO3/c1-2-17-19(22-12-14-8-4-6-10-16(14)21)20-18(24-17)15-9-5-3-7-13(15)11-23-20/h3-10,17-20H,2,11-12H2,1H3/t17-,18-,19+,20+/m1/s1. The third-order valence-electron chi connectivity index (χ3n) is 4.89. The fourth-order valence-electron chi connectivity index (χ4n) is 3.62. The summed E-state index contributed by atoms with van der Waals surface area (Å²) in [6.07, 6.45) is 0.743. The van der Waals surface area contributed by atoms with Gasteiger partial charge in [0.25, 0.3) is 0 Å². The molecular weight excluding hydrogens is 324 g/mol. The van der Waals surface area contributed by atoms with E-state index in [-0.39, 0.29) is 24.4 Å². The van der Waals surface area contributed by atoms with Crippen LogP contribution in [0.5, 0.6) is 0 Å². The Kier molecular flexibility index (Phi) is 4.59. The number of benzene rings is 2. The molecule has 0 bridgehead atoms. The molecule has 24 heavy (non-hydrogen) atoms. The third-order valence-corrected chi connectivity index (χ3v) is 5.26. The number of halogens is 1. The number of hydrogen-bond donors (Lipinski definition) is 0. The minimum atomic E-state index is -0.0790. The van der Waals surface area contributed by atoms with E-state index in [1.165, 1.54) is 11.1 Å². The van der Waals surface area contributed by atoms with Gasteiger partial charge in [-0.25, -0.2) is 0 Å². The van der Waals surface area contributed by atoms with E-state index in [1.54, 1.807) is 0 Å². The fourth-order valence-corrected chi connectivity index (χ4v) is 3.81. The highest BCUT2D eigenvalue weighted by molar-refractivity contribution is 6.31. The van der Waals surface area contributed by atoms with Crippen molar-refractivity contribution < 1.29 is 14.2 Å². The molecule has 2 aliphatic rings. The zero-order valence-electron chi connectivity index (χ0n) is 13.7. The van der Waals surface area contributed by atoms with Crippen molar-refractivity contribution in [3.63, 3.8) is 0 Å². The molecule has 2 heterocycles. The van der Waals surface area contributed by atoms with E-state index in [1.807, 2.05) is 30.3 Å². The number of ether oxygens (including phenoxy) is 3. The highest BCUT2D eigenvalue weighted by Gasteiger charge is 2.48. The van der Waals surface area contributed by atoms with E-state index in [4.69, 9.17) is 25.8 Å². The largest absolute Gasteiger partial charge is 0.368 e. The van der Waals surface area contributed by atoms with E-state index < -0.39 is 0 Å². The summed E-state index contributed by atoms with van der Waals surface area (Å²) in [5, 5.41) is 0.732. The zero-order valence-corrected chi connectivity index (χ0v) is 14.4. The normalized spacial score (nSPS) is 28.4. The highest BCUT2D eigenvalue weighted by atomic mass is 35.5. The molecule has 2 aromatic carbocycles. The molecule has 4 heteroatoms. The van der Waals surface area contributed by atoms with Crippen LogP contribution >= 0.6 is 11.6 Å². The quantitative estimate of drug-likeness (QED) is 0.806. The van der Waals surface area contributed by atoms with Crippen LogP contribution in [0.2, 0.25) is 5.02 Å². The molecule has 1 saturated heterocycles. The van der Waals surface area contributed by atoms with Crippen molar-refractivity contribution in [2.24, 2.45) is 0 Å². The molecule has 0 N–H and O–H groups in total. The van der Waals surface area contributed by atoms with E-state index in [0.29, 0.717) is 13.2 Å². The van der Waals surface area contributed by atoms with Crippen LogP contribution < -0.4 is 0 Å². The van der Waals surface area contributed by atoms with Crippen molar-refractivity contribution in [3.8, 4) is 0 Å². The number of fused-ring (bicyclic) bond motifs is 3. The Bertz CT molecular complexity index is 718. The summed E-state index contributed by atoms with van der Waals surface area (Å²) in [5.41, 5.74) is 3.44. The van der Waals surface area contributed by atoms with Crippen LogP contribution in [0.3, 0.4) is 0 Å². The Balaban J connectivity index is 1.54. The summed E-state index contributed by atoms with van der Waals surface area (Å²) in [6, 6.07) is 16.1. The second kappa shape index (κ2) is 6.85. The molecule has 126 valence electrons. The van der Waals surface area contributed by atoms with Gasteiger partial charge in [-0.05, 0) is 29.2 Å². The minimum absolute atomic E-state index is 0.0358. The monoisotopic (exact) mass is 344 g/mol. The number of rotatable bonds is 4. The van der Waals surface area contributed by atoms with Gasteiger partial charge in [0, 0.05) is 5.02 Å². The van der Waals surface area contributed by atoms with Gasteiger partial charge in [-0.15, -0.1) is 0 Å².